The van der Waals surface area contributed by atoms with Gasteiger partial charge in [0, 0.05) is 23.0 Å². The summed E-state index contributed by atoms with van der Waals surface area (Å²) in [4.78, 5) is 7.98. The fraction of sp³-hybridized carbons (Fsp3) is 0. The van der Waals surface area contributed by atoms with Crippen LogP contribution in [-0.2, 0) is 0 Å². The zero-order valence-corrected chi connectivity index (χ0v) is 12.7. The van der Waals surface area contributed by atoms with Crippen molar-refractivity contribution in [3.05, 3.63) is 40.5 Å². The molecule has 0 atom stereocenters. The SMILES string of the molecule is Nc1ccc(-c2c(Cl)cc(Nc3n[nH]c(N)n3)cc2Cl)cn1. The van der Waals surface area contributed by atoms with Crippen LogP contribution in [0, 0.1) is 0 Å². The molecule has 6 N–H and O–H groups in total. The summed E-state index contributed by atoms with van der Waals surface area (Å²) in [5.41, 5.74) is 13.1. The number of aromatic amines is 1. The summed E-state index contributed by atoms with van der Waals surface area (Å²) in [7, 11) is 0. The number of benzene rings is 1. The van der Waals surface area contributed by atoms with Crippen molar-refractivity contribution in [3.8, 4) is 11.1 Å². The van der Waals surface area contributed by atoms with Crippen molar-refractivity contribution in [2.24, 2.45) is 0 Å². The molecule has 9 heteroatoms. The normalized spacial score (nSPS) is 10.6. The van der Waals surface area contributed by atoms with Gasteiger partial charge < -0.3 is 16.8 Å². The molecule has 0 fully saturated rings. The van der Waals surface area contributed by atoms with Crippen molar-refractivity contribution in [2.45, 2.75) is 0 Å². The summed E-state index contributed by atoms with van der Waals surface area (Å²) in [5.74, 6) is 0.965. The molecule has 1 aromatic carbocycles. The smallest absolute Gasteiger partial charge is 0.248 e. The van der Waals surface area contributed by atoms with E-state index >= 15 is 0 Å². The van der Waals surface area contributed by atoms with Crippen molar-refractivity contribution >= 4 is 46.6 Å². The highest BCUT2D eigenvalue weighted by Gasteiger charge is 2.12. The minimum atomic E-state index is 0.212. The van der Waals surface area contributed by atoms with Crippen LogP contribution in [0.3, 0.4) is 0 Å². The fourth-order valence-corrected chi connectivity index (χ4v) is 2.64. The number of aromatic nitrogens is 4. The van der Waals surface area contributed by atoms with Crippen LogP contribution in [0.2, 0.25) is 10.0 Å². The average Bonchev–Trinajstić information content (AvgIpc) is 2.85. The van der Waals surface area contributed by atoms with E-state index in [0.717, 1.165) is 5.56 Å². The van der Waals surface area contributed by atoms with Gasteiger partial charge >= 0.3 is 0 Å². The molecule has 0 saturated carbocycles. The number of nitrogens with one attached hydrogen (secondary N) is 2. The maximum Gasteiger partial charge on any atom is 0.248 e. The number of hydrogen-bond acceptors (Lipinski definition) is 6. The van der Waals surface area contributed by atoms with Crippen LogP contribution < -0.4 is 16.8 Å². The van der Waals surface area contributed by atoms with E-state index in [1.165, 1.54) is 0 Å². The summed E-state index contributed by atoms with van der Waals surface area (Å²) in [5, 5.41) is 10.3. The average molecular weight is 336 g/mol. The molecule has 2 aromatic heterocycles. The summed E-state index contributed by atoms with van der Waals surface area (Å²) in [6.45, 7) is 0. The Morgan fingerprint density at radius 3 is 2.36 bits per heavy atom. The van der Waals surface area contributed by atoms with Crippen LogP contribution in [0.4, 0.5) is 23.4 Å². The van der Waals surface area contributed by atoms with Gasteiger partial charge in [0.15, 0.2) is 0 Å². The molecular formula is C13H11Cl2N7. The third-order valence-corrected chi connectivity index (χ3v) is 3.47. The van der Waals surface area contributed by atoms with E-state index in [-0.39, 0.29) is 5.95 Å². The molecule has 112 valence electrons. The fourth-order valence-electron chi connectivity index (χ4n) is 1.93. The lowest BCUT2D eigenvalue weighted by molar-refractivity contribution is 1.10. The predicted molar refractivity (Wildman–Crippen MR) is 88.2 cm³/mol. The first kappa shape index (κ1) is 14.4. The van der Waals surface area contributed by atoms with Crippen LogP contribution in [0.5, 0.6) is 0 Å². The molecule has 0 bridgehead atoms. The van der Waals surface area contributed by atoms with Gasteiger partial charge in [-0.3, -0.25) is 0 Å². The molecule has 0 spiro atoms. The van der Waals surface area contributed by atoms with Crippen LogP contribution in [0.25, 0.3) is 11.1 Å². The Morgan fingerprint density at radius 1 is 1.09 bits per heavy atom. The first-order chi connectivity index (χ1) is 10.5. The number of halogens is 2. The maximum atomic E-state index is 6.32. The highest BCUT2D eigenvalue weighted by atomic mass is 35.5. The Morgan fingerprint density at radius 2 is 1.82 bits per heavy atom. The van der Waals surface area contributed by atoms with Gasteiger partial charge in [-0.05, 0) is 24.3 Å². The van der Waals surface area contributed by atoms with E-state index in [1.807, 2.05) is 0 Å². The molecule has 3 aromatic rings. The van der Waals surface area contributed by atoms with Gasteiger partial charge in [-0.25, -0.2) is 10.1 Å². The highest BCUT2D eigenvalue weighted by Crippen LogP contribution is 2.37. The lowest BCUT2D eigenvalue weighted by Crippen LogP contribution is -1.95. The van der Waals surface area contributed by atoms with Crippen molar-refractivity contribution in [1.29, 1.82) is 0 Å². The molecule has 0 aliphatic carbocycles. The monoisotopic (exact) mass is 335 g/mol. The van der Waals surface area contributed by atoms with Crippen molar-refractivity contribution < 1.29 is 0 Å². The zero-order valence-electron chi connectivity index (χ0n) is 11.1. The van der Waals surface area contributed by atoms with E-state index in [2.05, 4.69) is 25.5 Å². The Kier molecular flexibility index (Phi) is 3.74. The molecule has 0 radical (unpaired) electrons. The van der Waals surface area contributed by atoms with Crippen molar-refractivity contribution in [2.75, 3.05) is 16.8 Å². The first-order valence-corrected chi connectivity index (χ1v) is 6.94. The standard InChI is InChI=1S/C13H11Cl2N7/c14-8-3-7(19-13-20-12(17)21-22-13)4-9(15)11(8)6-1-2-10(16)18-5-6/h1-5H,(H2,16,18)(H4,17,19,20,21,22). The van der Waals surface area contributed by atoms with Crippen LogP contribution in [-0.4, -0.2) is 20.2 Å². The maximum absolute atomic E-state index is 6.32. The van der Waals surface area contributed by atoms with E-state index in [0.29, 0.717) is 33.1 Å². The van der Waals surface area contributed by atoms with Gasteiger partial charge in [-0.15, -0.1) is 5.10 Å². The van der Waals surface area contributed by atoms with Crippen LogP contribution >= 0.6 is 23.2 Å². The van der Waals surface area contributed by atoms with Crippen LogP contribution in [0.1, 0.15) is 0 Å². The predicted octanol–water partition coefficient (Wildman–Crippen LogP) is 3.08. The quantitative estimate of drug-likeness (QED) is 0.584. The molecule has 2 heterocycles. The van der Waals surface area contributed by atoms with E-state index in [1.54, 1.807) is 30.5 Å². The Labute approximate surface area is 135 Å². The largest absolute Gasteiger partial charge is 0.384 e. The summed E-state index contributed by atoms with van der Waals surface area (Å²) in [6.07, 6.45) is 1.62. The minimum absolute atomic E-state index is 0.212. The first-order valence-electron chi connectivity index (χ1n) is 6.19. The number of hydrogen-bond donors (Lipinski definition) is 4. The second-order valence-electron chi connectivity index (χ2n) is 4.46. The molecule has 3 rings (SSSR count). The number of anilines is 4. The number of rotatable bonds is 3. The minimum Gasteiger partial charge on any atom is -0.384 e. The number of nitrogen functional groups attached to an aromatic ring is 2. The third-order valence-electron chi connectivity index (χ3n) is 2.88. The molecule has 0 saturated heterocycles. The Bertz CT molecular complexity index is 791. The molecular weight excluding hydrogens is 325 g/mol. The molecule has 0 amide bonds. The summed E-state index contributed by atoms with van der Waals surface area (Å²) in [6, 6.07) is 6.92. The van der Waals surface area contributed by atoms with Gasteiger partial charge in [-0.2, -0.15) is 4.98 Å². The Hall–Kier alpha value is -2.51. The van der Waals surface area contributed by atoms with Gasteiger partial charge in [0.25, 0.3) is 0 Å². The second-order valence-corrected chi connectivity index (χ2v) is 5.27. The van der Waals surface area contributed by atoms with Gasteiger partial charge in [0.05, 0.1) is 10.0 Å². The van der Waals surface area contributed by atoms with Gasteiger partial charge in [0.2, 0.25) is 11.9 Å². The second kappa shape index (κ2) is 5.70. The molecule has 0 aliphatic heterocycles. The summed E-state index contributed by atoms with van der Waals surface area (Å²) >= 11 is 12.6. The Balaban J connectivity index is 1.95. The van der Waals surface area contributed by atoms with E-state index in [4.69, 9.17) is 34.7 Å². The van der Waals surface area contributed by atoms with Crippen molar-refractivity contribution in [3.63, 3.8) is 0 Å². The van der Waals surface area contributed by atoms with Crippen LogP contribution in [0.15, 0.2) is 30.5 Å². The zero-order chi connectivity index (χ0) is 15.7. The van der Waals surface area contributed by atoms with Gasteiger partial charge in [0.1, 0.15) is 5.82 Å². The van der Waals surface area contributed by atoms with Gasteiger partial charge in [-0.1, -0.05) is 23.2 Å². The third kappa shape index (κ3) is 2.90. The molecule has 22 heavy (non-hydrogen) atoms. The molecule has 7 nitrogen and oxygen atoms in total. The van der Waals surface area contributed by atoms with Crippen molar-refractivity contribution in [1.82, 2.24) is 20.2 Å². The lowest BCUT2D eigenvalue weighted by atomic mass is 10.1. The number of nitrogens with two attached hydrogens (primary N) is 2. The highest BCUT2D eigenvalue weighted by molar-refractivity contribution is 6.39. The molecule has 0 unspecified atom stereocenters. The number of H-pyrrole nitrogens is 1. The lowest BCUT2D eigenvalue weighted by Gasteiger charge is -2.10. The number of nitrogens with zero attached hydrogens (tertiary/aromatic N) is 3. The van der Waals surface area contributed by atoms with E-state index < -0.39 is 0 Å². The van der Waals surface area contributed by atoms with E-state index in [9.17, 15) is 0 Å². The topological polar surface area (TPSA) is 119 Å². The summed E-state index contributed by atoms with van der Waals surface area (Å²) < 4.78 is 0. The number of pyridine rings is 1. The molecule has 0 aliphatic rings.